The number of ether oxygens (including phenoxy) is 2. The van der Waals surface area contributed by atoms with Crippen molar-refractivity contribution in [1.82, 2.24) is 4.90 Å². The number of hydrogen-bond acceptors (Lipinski definition) is 4. The Labute approximate surface area is 113 Å². The maximum atomic E-state index is 10.9. The van der Waals surface area contributed by atoms with Gasteiger partial charge in [0, 0.05) is 30.8 Å². The van der Waals surface area contributed by atoms with E-state index < -0.39 is 5.60 Å². The summed E-state index contributed by atoms with van der Waals surface area (Å²) in [7, 11) is 3.27. The molecule has 1 saturated heterocycles. The van der Waals surface area contributed by atoms with Gasteiger partial charge >= 0.3 is 0 Å². The molecule has 4 heteroatoms. The molecule has 0 bridgehead atoms. The van der Waals surface area contributed by atoms with Gasteiger partial charge in [0.25, 0.3) is 0 Å². The van der Waals surface area contributed by atoms with Crippen LogP contribution in [0.15, 0.2) is 18.2 Å². The Kier molecular flexibility index (Phi) is 3.15. The molecule has 0 aromatic heterocycles. The quantitative estimate of drug-likeness (QED) is 0.899. The number of aliphatic hydroxyl groups is 1. The van der Waals surface area contributed by atoms with Gasteiger partial charge in [0.05, 0.1) is 14.2 Å². The van der Waals surface area contributed by atoms with Gasteiger partial charge in [0.2, 0.25) is 0 Å². The number of likely N-dealkylation sites (tertiary alicyclic amines) is 1. The highest BCUT2D eigenvalue weighted by Gasteiger charge is 2.44. The Morgan fingerprint density at radius 1 is 1.26 bits per heavy atom. The van der Waals surface area contributed by atoms with Crippen molar-refractivity contribution >= 4 is 0 Å². The highest BCUT2D eigenvalue weighted by Crippen LogP contribution is 2.42. The molecule has 1 aromatic carbocycles. The lowest BCUT2D eigenvalue weighted by Gasteiger charge is -2.26. The van der Waals surface area contributed by atoms with Crippen LogP contribution in [0.4, 0.5) is 0 Å². The molecule has 2 aliphatic rings. The molecular formula is C15H21NO3. The van der Waals surface area contributed by atoms with E-state index in [-0.39, 0.29) is 0 Å². The Bertz CT molecular complexity index is 472. The van der Waals surface area contributed by atoms with Crippen LogP contribution in [0.1, 0.15) is 24.8 Å². The molecule has 4 nitrogen and oxygen atoms in total. The first kappa shape index (κ1) is 12.8. The average Bonchev–Trinajstić information content (AvgIpc) is 3.21. The summed E-state index contributed by atoms with van der Waals surface area (Å²) in [6.07, 6.45) is 3.32. The Hall–Kier alpha value is -1.26. The zero-order valence-corrected chi connectivity index (χ0v) is 11.6. The van der Waals surface area contributed by atoms with Crippen molar-refractivity contribution < 1.29 is 14.6 Å². The molecule has 1 aliphatic carbocycles. The van der Waals surface area contributed by atoms with Crippen LogP contribution in [0.3, 0.4) is 0 Å². The summed E-state index contributed by atoms with van der Waals surface area (Å²) in [6, 6.07) is 6.34. The first-order valence-corrected chi connectivity index (χ1v) is 6.85. The summed E-state index contributed by atoms with van der Waals surface area (Å²) < 4.78 is 10.6. The minimum atomic E-state index is -0.791. The van der Waals surface area contributed by atoms with Gasteiger partial charge in [-0.05, 0) is 31.4 Å². The summed E-state index contributed by atoms with van der Waals surface area (Å²) in [6.45, 7) is 1.68. The number of hydrogen-bond donors (Lipinski definition) is 1. The minimum Gasteiger partial charge on any atom is -0.497 e. The van der Waals surface area contributed by atoms with E-state index in [0.29, 0.717) is 18.3 Å². The largest absolute Gasteiger partial charge is 0.497 e. The topological polar surface area (TPSA) is 41.9 Å². The molecule has 1 heterocycles. The smallest absolute Gasteiger partial charge is 0.128 e. The van der Waals surface area contributed by atoms with E-state index in [4.69, 9.17) is 9.47 Å². The van der Waals surface area contributed by atoms with Gasteiger partial charge in [-0.1, -0.05) is 0 Å². The average molecular weight is 263 g/mol. The van der Waals surface area contributed by atoms with E-state index in [1.54, 1.807) is 14.2 Å². The van der Waals surface area contributed by atoms with Gasteiger partial charge in [-0.2, -0.15) is 0 Å². The number of methoxy groups -OCH3 is 2. The first-order chi connectivity index (χ1) is 9.16. The van der Waals surface area contributed by atoms with Crippen LogP contribution in [0.2, 0.25) is 0 Å². The summed E-state index contributed by atoms with van der Waals surface area (Å²) in [5.74, 6) is 1.46. The SMILES string of the molecule is COc1ccc(C2(O)CCN(C3CC3)C2)c(OC)c1. The second-order valence-corrected chi connectivity index (χ2v) is 5.55. The van der Waals surface area contributed by atoms with Crippen LogP contribution in [0.25, 0.3) is 0 Å². The molecule has 0 radical (unpaired) electrons. The van der Waals surface area contributed by atoms with Crippen molar-refractivity contribution in [2.45, 2.75) is 30.9 Å². The van der Waals surface area contributed by atoms with Gasteiger partial charge in [0.1, 0.15) is 17.1 Å². The molecule has 1 unspecified atom stereocenters. The fourth-order valence-electron chi connectivity index (χ4n) is 2.98. The molecule has 2 fully saturated rings. The zero-order valence-electron chi connectivity index (χ0n) is 11.6. The Morgan fingerprint density at radius 3 is 2.68 bits per heavy atom. The monoisotopic (exact) mass is 263 g/mol. The van der Waals surface area contributed by atoms with E-state index in [2.05, 4.69) is 4.90 Å². The molecule has 1 saturated carbocycles. The number of β-amino-alcohol motifs (C(OH)–C–C–N with tert-alkyl or cyclic N) is 1. The standard InChI is InChI=1S/C15H21NO3/c1-18-12-5-6-13(14(9-12)19-2)15(17)7-8-16(10-15)11-3-4-11/h5-6,9,11,17H,3-4,7-8,10H2,1-2H3. The predicted molar refractivity (Wildman–Crippen MR) is 72.7 cm³/mol. The van der Waals surface area contributed by atoms with Crippen molar-refractivity contribution in [3.8, 4) is 11.5 Å². The lowest BCUT2D eigenvalue weighted by Crippen LogP contribution is -2.32. The van der Waals surface area contributed by atoms with Crippen molar-refractivity contribution in [1.29, 1.82) is 0 Å². The second-order valence-electron chi connectivity index (χ2n) is 5.55. The highest BCUT2D eigenvalue weighted by atomic mass is 16.5. The number of rotatable bonds is 4. The fraction of sp³-hybridized carbons (Fsp3) is 0.600. The van der Waals surface area contributed by atoms with Crippen molar-refractivity contribution in [2.75, 3.05) is 27.3 Å². The normalized spacial score (nSPS) is 27.5. The first-order valence-electron chi connectivity index (χ1n) is 6.85. The molecule has 1 aliphatic heterocycles. The van der Waals surface area contributed by atoms with E-state index in [0.717, 1.165) is 24.3 Å². The molecule has 0 spiro atoms. The fourth-order valence-corrected chi connectivity index (χ4v) is 2.98. The van der Waals surface area contributed by atoms with Gasteiger partial charge < -0.3 is 14.6 Å². The highest BCUT2D eigenvalue weighted by molar-refractivity contribution is 5.44. The molecule has 0 amide bonds. The van der Waals surface area contributed by atoms with Crippen LogP contribution >= 0.6 is 0 Å². The Morgan fingerprint density at radius 2 is 2.05 bits per heavy atom. The van der Waals surface area contributed by atoms with Crippen LogP contribution < -0.4 is 9.47 Å². The van der Waals surface area contributed by atoms with Gasteiger partial charge in [-0.25, -0.2) is 0 Å². The molecular weight excluding hydrogens is 242 g/mol. The van der Waals surface area contributed by atoms with Crippen LogP contribution in [-0.2, 0) is 5.60 Å². The van der Waals surface area contributed by atoms with Crippen molar-refractivity contribution in [3.63, 3.8) is 0 Å². The van der Waals surface area contributed by atoms with E-state index in [1.165, 1.54) is 12.8 Å². The van der Waals surface area contributed by atoms with Gasteiger partial charge in [0.15, 0.2) is 0 Å². The molecule has 104 valence electrons. The lowest BCUT2D eigenvalue weighted by molar-refractivity contribution is 0.0427. The maximum absolute atomic E-state index is 10.9. The van der Waals surface area contributed by atoms with Gasteiger partial charge in [-0.15, -0.1) is 0 Å². The molecule has 1 N–H and O–H groups in total. The number of nitrogens with zero attached hydrogens (tertiary/aromatic N) is 1. The van der Waals surface area contributed by atoms with Crippen LogP contribution in [0, 0.1) is 0 Å². The zero-order chi connectivity index (χ0) is 13.5. The molecule has 3 rings (SSSR count). The number of benzene rings is 1. The summed E-state index contributed by atoms with van der Waals surface area (Å²) in [5, 5.41) is 10.9. The maximum Gasteiger partial charge on any atom is 0.128 e. The lowest BCUT2D eigenvalue weighted by atomic mass is 9.92. The van der Waals surface area contributed by atoms with E-state index in [9.17, 15) is 5.11 Å². The third kappa shape index (κ3) is 2.30. The molecule has 19 heavy (non-hydrogen) atoms. The second kappa shape index (κ2) is 4.69. The molecule has 1 aromatic rings. The molecule has 1 atom stereocenters. The van der Waals surface area contributed by atoms with Crippen LogP contribution in [0.5, 0.6) is 11.5 Å². The minimum absolute atomic E-state index is 0.693. The van der Waals surface area contributed by atoms with Crippen molar-refractivity contribution in [2.24, 2.45) is 0 Å². The summed E-state index contributed by atoms with van der Waals surface area (Å²) in [4.78, 5) is 2.39. The van der Waals surface area contributed by atoms with Gasteiger partial charge in [-0.3, -0.25) is 4.90 Å². The Balaban J connectivity index is 1.88. The third-order valence-corrected chi connectivity index (χ3v) is 4.25. The summed E-state index contributed by atoms with van der Waals surface area (Å²) >= 11 is 0. The predicted octanol–water partition coefficient (Wildman–Crippen LogP) is 1.76. The summed E-state index contributed by atoms with van der Waals surface area (Å²) in [5.41, 5.74) is 0.0826. The third-order valence-electron chi connectivity index (χ3n) is 4.25. The van der Waals surface area contributed by atoms with Crippen molar-refractivity contribution in [3.05, 3.63) is 23.8 Å². The van der Waals surface area contributed by atoms with Crippen LogP contribution in [-0.4, -0.2) is 43.4 Å². The van der Waals surface area contributed by atoms with E-state index >= 15 is 0 Å². The van der Waals surface area contributed by atoms with E-state index in [1.807, 2.05) is 18.2 Å².